The summed E-state index contributed by atoms with van der Waals surface area (Å²) < 4.78 is 24.8. The predicted molar refractivity (Wildman–Crippen MR) is 98.4 cm³/mol. The van der Waals surface area contributed by atoms with E-state index in [1.807, 2.05) is 30.3 Å². The molecule has 25 heavy (non-hydrogen) atoms. The van der Waals surface area contributed by atoms with Gasteiger partial charge in [-0.05, 0) is 25.0 Å². The molecule has 0 spiro atoms. The molecule has 5 nitrogen and oxygen atoms in total. The molecule has 1 aliphatic carbocycles. The summed E-state index contributed by atoms with van der Waals surface area (Å²) in [5.41, 5.74) is 0.820. The lowest BCUT2D eigenvalue weighted by atomic mass is 9.97. The van der Waals surface area contributed by atoms with Crippen molar-refractivity contribution in [1.29, 1.82) is 0 Å². The van der Waals surface area contributed by atoms with Gasteiger partial charge >= 0.3 is 0 Å². The second-order valence-electron chi connectivity index (χ2n) is 7.63. The molecule has 136 valence electrons. The highest BCUT2D eigenvalue weighted by Gasteiger charge is 2.51. The van der Waals surface area contributed by atoms with Crippen molar-refractivity contribution in [1.82, 2.24) is 4.90 Å². The van der Waals surface area contributed by atoms with Crippen molar-refractivity contribution in [3.8, 4) is 0 Å². The fourth-order valence-electron chi connectivity index (χ4n) is 4.82. The number of carbonyl (C=O) groups excluding carboxylic acids is 1. The van der Waals surface area contributed by atoms with Crippen LogP contribution in [0.3, 0.4) is 0 Å². The first-order valence-electron chi connectivity index (χ1n) is 9.38. The molecule has 2 aliphatic heterocycles. The maximum atomic E-state index is 13.0. The SMILES string of the molecule is O=C1CN(C2CCCCCC2)[C@H]2CS(=O)(=O)C[C@@H]2N1c1ccccc1. The number of rotatable bonds is 2. The molecule has 1 amide bonds. The van der Waals surface area contributed by atoms with Crippen LogP contribution in [0, 0.1) is 0 Å². The Kier molecular flexibility index (Phi) is 4.58. The van der Waals surface area contributed by atoms with Crippen molar-refractivity contribution >= 4 is 21.4 Å². The van der Waals surface area contributed by atoms with Gasteiger partial charge in [0.15, 0.2) is 9.84 Å². The van der Waals surface area contributed by atoms with Gasteiger partial charge in [-0.3, -0.25) is 9.69 Å². The number of hydrogen-bond acceptors (Lipinski definition) is 4. The fourth-order valence-corrected chi connectivity index (χ4v) is 6.78. The van der Waals surface area contributed by atoms with E-state index in [0.717, 1.165) is 18.5 Å². The van der Waals surface area contributed by atoms with E-state index in [1.54, 1.807) is 4.90 Å². The third-order valence-electron chi connectivity index (χ3n) is 5.97. The van der Waals surface area contributed by atoms with E-state index in [1.165, 1.54) is 25.7 Å². The Morgan fingerprint density at radius 1 is 0.880 bits per heavy atom. The van der Waals surface area contributed by atoms with Gasteiger partial charge in [-0.2, -0.15) is 0 Å². The Labute approximate surface area is 149 Å². The van der Waals surface area contributed by atoms with Crippen LogP contribution in [0.2, 0.25) is 0 Å². The van der Waals surface area contributed by atoms with Crippen LogP contribution in [-0.4, -0.2) is 55.4 Å². The molecule has 6 heteroatoms. The van der Waals surface area contributed by atoms with Crippen LogP contribution in [0.25, 0.3) is 0 Å². The second kappa shape index (κ2) is 6.72. The molecule has 1 saturated carbocycles. The van der Waals surface area contributed by atoms with Crippen molar-refractivity contribution < 1.29 is 13.2 Å². The van der Waals surface area contributed by atoms with Crippen molar-refractivity contribution in [3.05, 3.63) is 30.3 Å². The van der Waals surface area contributed by atoms with E-state index in [2.05, 4.69) is 4.90 Å². The van der Waals surface area contributed by atoms with Crippen LogP contribution >= 0.6 is 0 Å². The Balaban J connectivity index is 1.67. The van der Waals surface area contributed by atoms with Gasteiger partial charge < -0.3 is 4.90 Å². The predicted octanol–water partition coefficient (Wildman–Crippen LogP) is 2.22. The standard InChI is InChI=1S/C19H26N2O3S/c22-19-12-20(15-8-4-1-2-5-9-15)17-13-25(23,24)14-18(17)21(19)16-10-6-3-7-11-16/h3,6-7,10-11,15,17-18H,1-2,4-5,8-9,12-14H2/t17-,18-/m0/s1. The van der Waals surface area contributed by atoms with E-state index >= 15 is 0 Å². The zero-order chi connectivity index (χ0) is 17.4. The zero-order valence-electron chi connectivity index (χ0n) is 14.5. The van der Waals surface area contributed by atoms with Gasteiger partial charge in [0, 0.05) is 17.8 Å². The van der Waals surface area contributed by atoms with Gasteiger partial charge in [0.2, 0.25) is 5.91 Å². The number of sulfone groups is 1. The summed E-state index contributed by atoms with van der Waals surface area (Å²) in [6.07, 6.45) is 7.04. The van der Waals surface area contributed by atoms with Crippen LogP contribution in [0.15, 0.2) is 30.3 Å². The van der Waals surface area contributed by atoms with Crippen LogP contribution in [0.1, 0.15) is 38.5 Å². The number of para-hydroxylation sites is 1. The van der Waals surface area contributed by atoms with E-state index in [9.17, 15) is 13.2 Å². The lowest BCUT2D eigenvalue weighted by Gasteiger charge is -2.46. The normalized spacial score (nSPS) is 30.9. The number of benzene rings is 1. The van der Waals surface area contributed by atoms with E-state index in [0.29, 0.717) is 12.6 Å². The number of fused-ring (bicyclic) bond motifs is 1. The minimum atomic E-state index is -3.11. The van der Waals surface area contributed by atoms with Gasteiger partial charge in [-0.15, -0.1) is 0 Å². The molecule has 0 N–H and O–H groups in total. The quantitative estimate of drug-likeness (QED) is 0.757. The Hall–Kier alpha value is -1.40. The van der Waals surface area contributed by atoms with Crippen LogP contribution < -0.4 is 4.90 Å². The van der Waals surface area contributed by atoms with Crippen molar-refractivity contribution in [2.45, 2.75) is 56.7 Å². The molecule has 1 aromatic carbocycles. The van der Waals surface area contributed by atoms with Crippen molar-refractivity contribution in [3.63, 3.8) is 0 Å². The Bertz CT molecular complexity index is 726. The van der Waals surface area contributed by atoms with Crippen LogP contribution in [-0.2, 0) is 14.6 Å². The van der Waals surface area contributed by atoms with E-state index in [-0.39, 0.29) is 29.5 Å². The lowest BCUT2D eigenvalue weighted by molar-refractivity contribution is -0.124. The van der Waals surface area contributed by atoms with E-state index < -0.39 is 9.84 Å². The van der Waals surface area contributed by atoms with Gasteiger partial charge in [0.1, 0.15) is 0 Å². The number of anilines is 1. The summed E-state index contributed by atoms with van der Waals surface area (Å²) in [6, 6.07) is 9.56. The molecular formula is C19H26N2O3S. The van der Waals surface area contributed by atoms with Crippen molar-refractivity contribution in [2.75, 3.05) is 23.0 Å². The smallest absolute Gasteiger partial charge is 0.241 e. The summed E-state index contributed by atoms with van der Waals surface area (Å²) in [7, 11) is -3.11. The molecule has 2 saturated heterocycles. The number of piperazine rings is 1. The van der Waals surface area contributed by atoms with Gasteiger partial charge in [-0.1, -0.05) is 43.9 Å². The molecular weight excluding hydrogens is 336 g/mol. The van der Waals surface area contributed by atoms with Crippen LogP contribution in [0.5, 0.6) is 0 Å². The minimum absolute atomic E-state index is 0.0359. The molecule has 3 aliphatic rings. The summed E-state index contributed by atoms with van der Waals surface area (Å²) in [4.78, 5) is 17.0. The van der Waals surface area contributed by atoms with Gasteiger partial charge in [0.25, 0.3) is 0 Å². The number of amides is 1. The van der Waals surface area contributed by atoms with Crippen molar-refractivity contribution in [2.24, 2.45) is 0 Å². The average molecular weight is 362 g/mol. The molecule has 0 aromatic heterocycles. The third kappa shape index (κ3) is 3.34. The van der Waals surface area contributed by atoms with Gasteiger partial charge in [-0.25, -0.2) is 8.42 Å². The highest BCUT2D eigenvalue weighted by atomic mass is 32.2. The average Bonchev–Trinajstić information content (AvgIpc) is 2.77. The monoisotopic (exact) mass is 362 g/mol. The molecule has 1 aromatic rings. The molecule has 2 atom stereocenters. The highest BCUT2D eigenvalue weighted by molar-refractivity contribution is 7.91. The third-order valence-corrected chi connectivity index (χ3v) is 7.66. The van der Waals surface area contributed by atoms with Crippen LogP contribution in [0.4, 0.5) is 5.69 Å². The maximum absolute atomic E-state index is 13.0. The first-order chi connectivity index (χ1) is 12.1. The highest BCUT2D eigenvalue weighted by Crippen LogP contribution is 2.35. The molecule has 0 unspecified atom stereocenters. The lowest BCUT2D eigenvalue weighted by Crippen LogP contribution is -2.64. The first-order valence-corrected chi connectivity index (χ1v) is 11.2. The minimum Gasteiger partial charge on any atom is -0.306 e. The maximum Gasteiger partial charge on any atom is 0.241 e. The summed E-state index contributed by atoms with van der Waals surface area (Å²) in [6.45, 7) is 0.343. The number of hydrogen-bond donors (Lipinski definition) is 0. The van der Waals surface area contributed by atoms with Gasteiger partial charge in [0.05, 0.1) is 24.1 Å². The fraction of sp³-hybridized carbons (Fsp3) is 0.632. The molecule has 2 heterocycles. The Morgan fingerprint density at radius 2 is 1.52 bits per heavy atom. The number of carbonyl (C=O) groups is 1. The number of nitrogens with zero attached hydrogens (tertiary/aromatic N) is 2. The van der Waals surface area contributed by atoms with E-state index in [4.69, 9.17) is 0 Å². The molecule has 0 radical (unpaired) electrons. The second-order valence-corrected chi connectivity index (χ2v) is 9.78. The summed E-state index contributed by atoms with van der Waals surface area (Å²) in [5.74, 6) is 0.306. The first kappa shape index (κ1) is 17.0. The molecule has 0 bridgehead atoms. The summed E-state index contributed by atoms with van der Waals surface area (Å²) in [5, 5.41) is 0. The topological polar surface area (TPSA) is 57.7 Å². The Morgan fingerprint density at radius 3 is 2.20 bits per heavy atom. The zero-order valence-corrected chi connectivity index (χ0v) is 15.3. The largest absolute Gasteiger partial charge is 0.306 e. The molecule has 4 rings (SSSR count). The molecule has 3 fully saturated rings. The summed E-state index contributed by atoms with van der Waals surface area (Å²) >= 11 is 0.